The van der Waals surface area contributed by atoms with Crippen LogP contribution < -0.4 is 4.74 Å². The van der Waals surface area contributed by atoms with Crippen LogP contribution in [0, 0.1) is 5.92 Å². The zero-order valence-corrected chi connectivity index (χ0v) is 16.0. The van der Waals surface area contributed by atoms with Crippen molar-refractivity contribution in [1.29, 1.82) is 0 Å². The predicted molar refractivity (Wildman–Crippen MR) is 95.8 cm³/mol. The molecule has 1 aromatic carbocycles. The molecule has 1 fully saturated rings. The van der Waals surface area contributed by atoms with Gasteiger partial charge in [-0.2, -0.15) is 0 Å². The highest BCUT2D eigenvalue weighted by atomic mass is 79.9. The Labute approximate surface area is 155 Å². The fourth-order valence-corrected chi connectivity index (χ4v) is 3.16. The normalized spacial score (nSPS) is 20.6. The SMILES string of the molecule is CCOC1CON=C1c1cc(Br)ccc1O[C@@H](CC1CC1)C(=O)OC. The second-order valence-corrected chi connectivity index (χ2v) is 7.08. The van der Waals surface area contributed by atoms with Crippen LogP contribution in [0.1, 0.15) is 31.7 Å². The molecule has 1 heterocycles. The Morgan fingerprint density at radius 3 is 2.92 bits per heavy atom. The van der Waals surface area contributed by atoms with Gasteiger partial charge in [-0.15, -0.1) is 0 Å². The molecule has 1 aromatic rings. The average molecular weight is 412 g/mol. The molecular formula is C18H22BrNO5. The van der Waals surface area contributed by atoms with E-state index >= 15 is 0 Å². The third-order valence-corrected chi connectivity index (χ3v) is 4.75. The Morgan fingerprint density at radius 2 is 2.24 bits per heavy atom. The fraction of sp³-hybridized carbons (Fsp3) is 0.556. The minimum absolute atomic E-state index is 0.248. The van der Waals surface area contributed by atoms with E-state index in [9.17, 15) is 4.79 Å². The van der Waals surface area contributed by atoms with E-state index in [1.165, 1.54) is 7.11 Å². The topological polar surface area (TPSA) is 66.3 Å². The number of esters is 1. The molecule has 1 unspecified atom stereocenters. The number of carbonyl (C=O) groups is 1. The summed E-state index contributed by atoms with van der Waals surface area (Å²) in [7, 11) is 1.38. The summed E-state index contributed by atoms with van der Waals surface area (Å²) in [5.74, 6) is 0.756. The molecule has 7 heteroatoms. The number of carbonyl (C=O) groups excluding carboxylic acids is 1. The smallest absolute Gasteiger partial charge is 0.347 e. The molecule has 2 aliphatic rings. The van der Waals surface area contributed by atoms with Crippen molar-refractivity contribution < 1.29 is 23.8 Å². The molecule has 2 atom stereocenters. The van der Waals surface area contributed by atoms with Crippen LogP contribution in [0.3, 0.4) is 0 Å². The van der Waals surface area contributed by atoms with Gasteiger partial charge in [0.05, 0.1) is 7.11 Å². The molecule has 1 aliphatic carbocycles. The van der Waals surface area contributed by atoms with Gasteiger partial charge < -0.3 is 19.0 Å². The second-order valence-electron chi connectivity index (χ2n) is 6.17. The summed E-state index contributed by atoms with van der Waals surface area (Å²) in [4.78, 5) is 17.3. The number of benzene rings is 1. The largest absolute Gasteiger partial charge is 0.478 e. The number of hydrogen-bond donors (Lipinski definition) is 0. The highest BCUT2D eigenvalue weighted by Gasteiger charge is 2.33. The number of rotatable bonds is 8. The zero-order chi connectivity index (χ0) is 17.8. The Bertz CT molecular complexity index is 659. The van der Waals surface area contributed by atoms with Gasteiger partial charge in [-0.3, -0.25) is 0 Å². The molecular weight excluding hydrogens is 390 g/mol. The van der Waals surface area contributed by atoms with Crippen molar-refractivity contribution in [3.63, 3.8) is 0 Å². The minimum atomic E-state index is -0.620. The lowest BCUT2D eigenvalue weighted by Gasteiger charge is -2.20. The summed E-state index contributed by atoms with van der Waals surface area (Å²) in [5, 5.41) is 4.13. The van der Waals surface area contributed by atoms with E-state index in [1.807, 2.05) is 25.1 Å². The lowest BCUT2D eigenvalue weighted by atomic mass is 10.0. The Kier molecular flexibility index (Phi) is 5.96. The first-order chi connectivity index (χ1) is 12.1. The summed E-state index contributed by atoms with van der Waals surface area (Å²) in [6.07, 6.45) is 2.07. The maximum atomic E-state index is 12.1. The van der Waals surface area contributed by atoms with Gasteiger partial charge in [-0.1, -0.05) is 33.9 Å². The number of oxime groups is 1. The van der Waals surface area contributed by atoms with Crippen LogP contribution in [0.2, 0.25) is 0 Å². The summed E-state index contributed by atoms with van der Waals surface area (Å²) >= 11 is 3.48. The van der Waals surface area contributed by atoms with Crippen molar-refractivity contribution in [2.75, 3.05) is 20.3 Å². The summed E-state index contributed by atoms with van der Waals surface area (Å²) < 4.78 is 17.5. The van der Waals surface area contributed by atoms with E-state index in [0.29, 0.717) is 37.0 Å². The molecule has 0 amide bonds. The van der Waals surface area contributed by atoms with Gasteiger partial charge in [0.25, 0.3) is 0 Å². The Morgan fingerprint density at radius 1 is 1.44 bits per heavy atom. The van der Waals surface area contributed by atoms with E-state index < -0.39 is 6.10 Å². The lowest BCUT2D eigenvalue weighted by Crippen LogP contribution is -2.31. The van der Waals surface area contributed by atoms with Gasteiger partial charge in [-0.05, 0) is 37.5 Å². The standard InChI is InChI=1S/C18H22BrNO5/c1-3-23-16-10-24-20-17(16)13-9-12(19)6-7-14(13)25-15(18(21)22-2)8-11-4-5-11/h6-7,9,11,15-16H,3-5,8,10H2,1-2H3/t15-,16?/m0/s1. The molecule has 0 N–H and O–H groups in total. The Balaban J connectivity index is 1.86. The third kappa shape index (κ3) is 4.52. The maximum absolute atomic E-state index is 12.1. The van der Waals surface area contributed by atoms with Crippen LogP contribution >= 0.6 is 15.9 Å². The van der Waals surface area contributed by atoms with E-state index in [1.54, 1.807) is 0 Å². The molecule has 25 heavy (non-hydrogen) atoms. The minimum Gasteiger partial charge on any atom is -0.478 e. The first-order valence-electron chi connectivity index (χ1n) is 8.48. The Hall–Kier alpha value is -1.60. The van der Waals surface area contributed by atoms with Gasteiger partial charge in [0.15, 0.2) is 6.10 Å². The fourth-order valence-electron chi connectivity index (χ4n) is 2.80. The number of methoxy groups -OCH3 is 1. The van der Waals surface area contributed by atoms with Gasteiger partial charge in [0.2, 0.25) is 0 Å². The molecule has 6 nitrogen and oxygen atoms in total. The first-order valence-corrected chi connectivity index (χ1v) is 9.27. The van der Waals surface area contributed by atoms with Crippen molar-refractivity contribution >= 4 is 27.6 Å². The molecule has 3 rings (SSSR count). The molecule has 1 aliphatic heterocycles. The quantitative estimate of drug-likeness (QED) is 0.613. The molecule has 0 aromatic heterocycles. The molecule has 1 saturated carbocycles. The van der Waals surface area contributed by atoms with Crippen LogP contribution in [0.25, 0.3) is 0 Å². The van der Waals surface area contributed by atoms with Crippen LogP contribution in [-0.4, -0.2) is 44.2 Å². The third-order valence-electron chi connectivity index (χ3n) is 4.26. The molecule has 0 spiro atoms. The first kappa shape index (κ1) is 18.2. The van der Waals surface area contributed by atoms with Crippen molar-refractivity contribution in [3.05, 3.63) is 28.2 Å². The molecule has 0 saturated heterocycles. The van der Waals surface area contributed by atoms with Crippen molar-refractivity contribution in [3.8, 4) is 5.75 Å². The van der Waals surface area contributed by atoms with E-state index in [0.717, 1.165) is 22.9 Å². The van der Waals surface area contributed by atoms with Crippen LogP contribution in [-0.2, 0) is 19.1 Å². The number of ether oxygens (including phenoxy) is 3. The molecule has 0 radical (unpaired) electrons. The van der Waals surface area contributed by atoms with Gasteiger partial charge >= 0.3 is 5.97 Å². The van der Waals surface area contributed by atoms with Gasteiger partial charge in [0, 0.05) is 16.6 Å². The summed E-state index contributed by atoms with van der Waals surface area (Å²) in [6.45, 7) is 2.86. The summed E-state index contributed by atoms with van der Waals surface area (Å²) in [6, 6.07) is 5.60. The zero-order valence-electron chi connectivity index (χ0n) is 14.4. The highest BCUT2D eigenvalue weighted by molar-refractivity contribution is 9.10. The highest BCUT2D eigenvalue weighted by Crippen LogP contribution is 2.36. The van der Waals surface area contributed by atoms with Crippen LogP contribution in [0.15, 0.2) is 27.8 Å². The molecule has 0 bridgehead atoms. The van der Waals surface area contributed by atoms with E-state index in [2.05, 4.69) is 21.1 Å². The second kappa shape index (κ2) is 8.19. The van der Waals surface area contributed by atoms with Gasteiger partial charge in [-0.25, -0.2) is 4.79 Å². The monoisotopic (exact) mass is 411 g/mol. The van der Waals surface area contributed by atoms with Gasteiger partial charge in [0.1, 0.15) is 24.2 Å². The summed E-state index contributed by atoms with van der Waals surface area (Å²) in [5.41, 5.74) is 1.43. The molecule has 136 valence electrons. The van der Waals surface area contributed by atoms with Crippen molar-refractivity contribution in [2.45, 2.75) is 38.4 Å². The van der Waals surface area contributed by atoms with Crippen LogP contribution in [0.4, 0.5) is 0 Å². The number of hydrogen-bond acceptors (Lipinski definition) is 6. The maximum Gasteiger partial charge on any atom is 0.347 e. The average Bonchev–Trinajstić information content (AvgIpc) is 3.31. The number of nitrogens with zero attached hydrogens (tertiary/aromatic N) is 1. The lowest BCUT2D eigenvalue weighted by molar-refractivity contribution is -0.149. The van der Waals surface area contributed by atoms with Crippen LogP contribution in [0.5, 0.6) is 5.75 Å². The van der Waals surface area contributed by atoms with Crippen molar-refractivity contribution in [1.82, 2.24) is 0 Å². The van der Waals surface area contributed by atoms with E-state index in [-0.39, 0.29) is 12.1 Å². The van der Waals surface area contributed by atoms with E-state index in [4.69, 9.17) is 19.0 Å². The number of halogens is 1. The van der Waals surface area contributed by atoms with Crippen molar-refractivity contribution in [2.24, 2.45) is 11.1 Å². The predicted octanol–water partition coefficient (Wildman–Crippen LogP) is 3.31.